The van der Waals surface area contributed by atoms with E-state index in [0.29, 0.717) is 6.61 Å². The van der Waals surface area contributed by atoms with Gasteiger partial charge in [-0.15, -0.1) is 11.3 Å². The molecular formula is C23H21ClO3S. The molecule has 2 aromatic carbocycles. The van der Waals surface area contributed by atoms with Crippen LogP contribution in [0.3, 0.4) is 0 Å². The Bertz CT molecular complexity index is 984. The molecule has 3 aromatic rings. The van der Waals surface area contributed by atoms with E-state index in [-0.39, 0.29) is 5.78 Å². The van der Waals surface area contributed by atoms with E-state index < -0.39 is 0 Å². The largest absolute Gasteiger partial charge is 0.496 e. The molecule has 1 heterocycles. The molecule has 28 heavy (non-hydrogen) atoms. The van der Waals surface area contributed by atoms with Gasteiger partial charge in [-0.2, -0.15) is 0 Å². The van der Waals surface area contributed by atoms with Gasteiger partial charge in [-0.3, -0.25) is 4.79 Å². The Morgan fingerprint density at radius 1 is 1.14 bits per heavy atom. The quantitative estimate of drug-likeness (QED) is 0.328. The third-order valence-corrected chi connectivity index (χ3v) is 5.78. The van der Waals surface area contributed by atoms with E-state index in [1.165, 1.54) is 11.3 Å². The fourth-order valence-corrected chi connectivity index (χ4v) is 3.59. The second kappa shape index (κ2) is 9.09. The molecule has 0 aliphatic heterocycles. The van der Waals surface area contributed by atoms with Crippen molar-refractivity contribution in [2.75, 3.05) is 7.11 Å². The molecule has 0 radical (unpaired) electrons. The summed E-state index contributed by atoms with van der Waals surface area (Å²) in [5.41, 5.74) is 3.77. The lowest BCUT2D eigenvalue weighted by Gasteiger charge is -2.13. The molecule has 0 saturated heterocycles. The van der Waals surface area contributed by atoms with Crippen molar-refractivity contribution >= 4 is 34.8 Å². The van der Waals surface area contributed by atoms with Gasteiger partial charge < -0.3 is 9.47 Å². The summed E-state index contributed by atoms with van der Waals surface area (Å²) >= 11 is 7.66. The normalized spacial score (nSPS) is 11.0. The molecule has 1 aromatic heterocycles. The zero-order valence-corrected chi connectivity index (χ0v) is 17.6. The van der Waals surface area contributed by atoms with Crippen molar-refractivity contribution in [1.29, 1.82) is 0 Å². The topological polar surface area (TPSA) is 35.5 Å². The second-order valence-electron chi connectivity index (χ2n) is 6.41. The van der Waals surface area contributed by atoms with Crippen LogP contribution in [0, 0.1) is 13.8 Å². The highest BCUT2D eigenvalue weighted by Gasteiger charge is 2.08. The fourth-order valence-electron chi connectivity index (χ4n) is 2.84. The number of thiophene rings is 1. The molecule has 0 bridgehead atoms. The summed E-state index contributed by atoms with van der Waals surface area (Å²) in [7, 11) is 1.63. The van der Waals surface area contributed by atoms with Gasteiger partial charge in [-0.25, -0.2) is 0 Å². The Morgan fingerprint density at radius 2 is 1.89 bits per heavy atom. The maximum Gasteiger partial charge on any atom is 0.195 e. The van der Waals surface area contributed by atoms with Crippen molar-refractivity contribution in [3.63, 3.8) is 0 Å². The lowest BCUT2D eigenvalue weighted by molar-refractivity contribution is 0.105. The van der Waals surface area contributed by atoms with E-state index in [1.807, 2.05) is 67.8 Å². The molecule has 0 spiro atoms. The van der Waals surface area contributed by atoms with Crippen LogP contribution in [-0.2, 0) is 6.61 Å². The van der Waals surface area contributed by atoms with Crippen LogP contribution in [0.4, 0.5) is 0 Å². The lowest BCUT2D eigenvalue weighted by Crippen LogP contribution is -2.00. The second-order valence-corrected chi connectivity index (χ2v) is 7.73. The molecule has 0 saturated carbocycles. The zero-order chi connectivity index (χ0) is 20.1. The van der Waals surface area contributed by atoms with Gasteiger partial charge in [0.15, 0.2) is 5.78 Å². The van der Waals surface area contributed by atoms with Crippen LogP contribution < -0.4 is 9.47 Å². The van der Waals surface area contributed by atoms with Crippen LogP contribution in [-0.4, -0.2) is 12.9 Å². The van der Waals surface area contributed by atoms with Crippen LogP contribution in [0.15, 0.2) is 53.9 Å². The highest BCUT2D eigenvalue weighted by molar-refractivity contribution is 7.12. The number of rotatable bonds is 7. The van der Waals surface area contributed by atoms with Crippen LogP contribution in [0.2, 0.25) is 5.02 Å². The van der Waals surface area contributed by atoms with Gasteiger partial charge in [0.05, 0.1) is 12.0 Å². The Balaban J connectivity index is 1.77. The summed E-state index contributed by atoms with van der Waals surface area (Å²) in [6, 6.07) is 13.3. The van der Waals surface area contributed by atoms with Crippen LogP contribution in [0.1, 0.15) is 31.9 Å². The third-order valence-electron chi connectivity index (χ3n) is 4.30. The van der Waals surface area contributed by atoms with Crippen molar-refractivity contribution in [1.82, 2.24) is 0 Å². The first-order valence-electron chi connectivity index (χ1n) is 8.80. The molecule has 0 aliphatic carbocycles. The summed E-state index contributed by atoms with van der Waals surface area (Å²) in [4.78, 5) is 12.9. The maximum absolute atomic E-state index is 12.2. The number of ketones is 1. The summed E-state index contributed by atoms with van der Waals surface area (Å²) in [5, 5.41) is 2.65. The van der Waals surface area contributed by atoms with Gasteiger partial charge >= 0.3 is 0 Å². The zero-order valence-electron chi connectivity index (χ0n) is 16.0. The van der Waals surface area contributed by atoms with Gasteiger partial charge in [-0.1, -0.05) is 29.8 Å². The minimum atomic E-state index is -0.00395. The monoisotopic (exact) mass is 412 g/mol. The number of carbonyl (C=O) groups is 1. The predicted octanol–water partition coefficient (Wildman–Crippen LogP) is 6.50. The van der Waals surface area contributed by atoms with E-state index in [9.17, 15) is 4.79 Å². The number of carbonyl (C=O) groups excluding carboxylic acids is 1. The number of ether oxygens (including phenoxy) is 2. The van der Waals surface area contributed by atoms with Crippen molar-refractivity contribution in [3.8, 4) is 11.5 Å². The average Bonchev–Trinajstić information content (AvgIpc) is 3.23. The maximum atomic E-state index is 12.2. The first-order valence-corrected chi connectivity index (χ1v) is 10.1. The van der Waals surface area contributed by atoms with Crippen molar-refractivity contribution < 1.29 is 14.3 Å². The molecule has 0 N–H and O–H groups in total. The Labute approximate surface area is 174 Å². The number of benzene rings is 2. The van der Waals surface area contributed by atoms with E-state index in [1.54, 1.807) is 13.2 Å². The Kier molecular flexibility index (Phi) is 6.55. The van der Waals surface area contributed by atoms with Crippen LogP contribution >= 0.6 is 22.9 Å². The molecule has 0 amide bonds. The average molecular weight is 413 g/mol. The summed E-state index contributed by atoms with van der Waals surface area (Å²) in [5.74, 6) is 1.50. The summed E-state index contributed by atoms with van der Waals surface area (Å²) in [6.45, 7) is 4.27. The molecule has 3 rings (SSSR count). The van der Waals surface area contributed by atoms with E-state index >= 15 is 0 Å². The van der Waals surface area contributed by atoms with E-state index in [2.05, 4.69) is 0 Å². The van der Waals surface area contributed by atoms with Gasteiger partial charge in [-0.05, 0) is 72.3 Å². The first-order chi connectivity index (χ1) is 13.5. The van der Waals surface area contributed by atoms with Crippen molar-refractivity contribution in [2.45, 2.75) is 20.5 Å². The van der Waals surface area contributed by atoms with Gasteiger partial charge in [0, 0.05) is 10.6 Å². The summed E-state index contributed by atoms with van der Waals surface area (Å²) < 4.78 is 11.4. The Morgan fingerprint density at radius 3 is 2.54 bits per heavy atom. The summed E-state index contributed by atoms with van der Waals surface area (Å²) in [6.07, 6.45) is 3.39. The van der Waals surface area contributed by atoms with Crippen molar-refractivity contribution in [2.24, 2.45) is 0 Å². The minimum absolute atomic E-state index is 0.00395. The Hall–Kier alpha value is -2.56. The predicted molar refractivity (Wildman–Crippen MR) is 116 cm³/mol. The molecular weight excluding hydrogens is 392 g/mol. The number of allylic oxidation sites excluding steroid dienone is 1. The van der Waals surface area contributed by atoms with E-state index in [0.717, 1.165) is 43.7 Å². The van der Waals surface area contributed by atoms with Gasteiger partial charge in [0.2, 0.25) is 0 Å². The van der Waals surface area contributed by atoms with Gasteiger partial charge in [0.25, 0.3) is 0 Å². The molecule has 144 valence electrons. The number of aryl methyl sites for hydroxylation is 2. The first kappa shape index (κ1) is 20.2. The van der Waals surface area contributed by atoms with Crippen LogP contribution in [0.25, 0.3) is 6.08 Å². The lowest BCUT2D eigenvalue weighted by atomic mass is 10.1. The minimum Gasteiger partial charge on any atom is -0.496 e. The molecule has 0 atom stereocenters. The standard InChI is InChI=1S/C23H21ClO3S/c1-15-11-19(12-16(2)23(15)24)27-14-18-13-17(7-9-21(18)26-3)6-8-20(25)22-5-4-10-28-22/h4-13H,14H2,1-3H3/b8-6+. The molecule has 0 fully saturated rings. The number of halogens is 1. The van der Waals surface area contributed by atoms with Crippen LogP contribution in [0.5, 0.6) is 11.5 Å². The fraction of sp³-hybridized carbons (Fsp3) is 0.174. The molecule has 0 unspecified atom stereocenters. The molecule has 0 aliphatic rings. The smallest absolute Gasteiger partial charge is 0.195 e. The number of hydrogen-bond acceptors (Lipinski definition) is 4. The van der Waals surface area contributed by atoms with Gasteiger partial charge in [0.1, 0.15) is 18.1 Å². The molecule has 5 heteroatoms. The third kappa shape index (κ3) is 4.83. The molecule has 3 nitrogen and oxygen atoms in total. The number of hydrogen-bond donors (Lipinski definition) is 0. The van der Waals surface area contributed by atoms with E-state index in [4.69, 9.17) is 21.1 Å². The highest BCUT2D eigenvalue weighted by Crippen LogP contribution is 2.28. The van der Waals surface area contributed by atoms with Crippen molar-refractivity contribution in [3.05, 3.63) is 86.1 Å². The SMILES string of the molecule is COc1ccc(/C=C/C(=O)c2cccs2)cc1COc1cc(C)c(Cl)c(C)c1. The number of methoxy groups -OCH3 is 1. The highest BCUT2D eigenvalue weighted by atomic mass is 35.5.